The van der Waals surface area contributed by atoms with Gasteiger partial charge in [-0.3, -0.25) is 4.68 Å². The highest BCUT2D eigenvalue weighted by Crippen LogP contribution is 2.23. The molecule has 0 saturated carbocycles. The van der Waals surface area contributed by atoms with Crippen LogP contribution in [0.15, 0.2) is 10.7 Å². The fourth-order valence-corrected chi connectivity index (χ4v) is 2.82. The van der Waals surface area contributed by atoms with Crippen LogP contribution < -0.4 is 5.32 Å². The predicted octanol–water partition coefficient (Wildman–Crippen LogP) is 2.37. The summed E-state index contributed by atoms with van der Waals surface area (Å²) in [5, 5.41) is 16.4. The molecule has 0 spiro atoms. The lowest BCUT2D eigenvalue weighted by Gasteiger charge is -2.05. The fraction of sp³-hybridized carbons (Fsp3) is 0.643. The quantitative estimate of drug-likeness (QED) is 0.828. The van der Waals surface area contributed by atoms with Gasteiger partial charge in [-0.2, -0.15) is 5.10 Å². The summed E-state index contributed by atoms with van der Waals surface area (Å²) in [6.45, 7) is 10.7. The van der Waals surface area contributed by atoms with Crippen molar-refractivity contribution in [1.82, 2.24) is 30.1 Å². The van der Waals surface area contributed by atoms with Gasteiger partial charge in [-0.15, -0.1) is 5.10 Å². The van der Waals surface area contributed by atoms with Gasteiger partial charge in [0, 0.05) is 19.1 Å². The largest absolute Gasteiger partial charge is 0.309 e. The Morgan fingerprint density at radius 3 is 2.71 bits per heavy atom. The first-order chi connectivity index (χ1) is 10.0. The second-order valence-electron chi connectivity index (χ2n) is 5.32. The van der Waals surface area contributed by atoms with Crippen molar-refractivity contribution in [2.75, 3.05) is 0 Å². The van der Waals surface area contributed by atoms with Gasteiger partial charge in [-0.1, -0.05) is 26.0 Å². The number of hydrogen-bond acceptors (Lipinski definition) is 4. The van der Waals surface area contributed by atoms with Crippen LogP contribution in [0.4, 0.5) is 0 Å². The van der Waals surface area contributed by atoms with Gasteiger partial charge < -0.3 is 5.32 Å². The molecule has 0 fully saturated rings. The molecule has 0 radical (unpaired) electrons. The topological polar surface area (TPSA) is 60.6 Å². The standard InChI is InChI=1S/C14H23BrN6/c1-5-12-14(15)13(21(6-2)18-12)9-20-8-11(17-19-20)7-16-10(3)4/h8,10,16H,5-7,9H2,1-4H3. The molecule has 0 unspecified atom stereocenters. The molecule has 6 nitrogen and oxygen atoms in total. The second kappa shape index (κ2) is 7.17. The third-order valence-electron chi connectivity index (χ3n) is 3.28. The smallest absolute Gasteiger partial charge is 0.0965 e. The number of nitrogens with one attached hydrogen (secondary N) is 1. The Bertz CT molecular complexity index is 586. The first kappa shape index (κ1) is 16.2. The Hall–Kier alpha value is -1.21. The van der Waals surface area contributed by atoms with E-state index in [0.29, 0.717) is 12.6 Å². The van der Waals surface area contributed by atoms with Crippen LogP contribution in [0.2, 0.25) is 0 Å². The Balaban J connectivity index is 2.13. The van der Waals surface area contributed by atoms with E-state index >= 15 is 0 Å². The van der Waals surface area contributed by atoms with Gasteiger partial charge in [0.25, 0.3) is 0 Å². The highest BCUT2D eigenvalue weighted by Gasteiger charge is 2.15. The number of rotatable bonds is 7. The third-order valence-corrected chi connectivity index (χ3v) is 4.20. The molecule has 0 bridgehead atoms. The molecule has 0 aliphatic heterocycles. The Morgan fingerprint density at radius 2 is 2.10 bits per heavy atom. The average Bonchev–Trinajstić information content (AvgIpc) is 3.03. The van der Waals surface area contributed by atoms with E-state index in [-0.39, 0.29) is 0 Å². The van der Waals surface area contributed by atoms with E-state index in [2.05, 4.69) is 64.4 Å². The SMILES string of the molecule is CCc1nn(CC)c(Cn2cc(CNC(C)C)nn2)c1Br. The molecule has 2 aromatic heterocycles. The van der Waals surface area contributed by atoms with Gasteiger partial charge in [0.15, 0.2) is 0 Å². The minimum absolute atomic E-state index is 0.443. The summed E-state index contributed by atoms with van der Waals surface area (Å²) < 4.78 is 4.98. The monoisotopic (exact) mass is 354 g/mol. The van der Waals surface area contributed by atoms with Crippen molar-refractivity contribution in [3.05, 3.63) is 27.8 Å². The third kappa shape index (κ3) is 3.91. The molecule has 0 aromatic carbocycles. The molecule has 2 aromatic rings. The molecule has 116 valence electrons. The van der Waals surface area contributed by atoms with Gasteiger partial charge in [-0.05, 0) is 29.3 Å². The molecule has 21 heavy (non-hydrogen) atoms. The molecule has 2 heterocycles. The maximum atomic E-state index is 4.61. The van der Waals surface area contributed by atoms with Crippen LogP contribution in [0, 0.1) is 0 Å². The summed E-state index contributed by atoms with van der Waals surface area (Å²) in [7, 11) is 0. The first-order valence-corrected chi connectivity index (χ1v) is 8.20. The minimum atomic E-state index is 0.443. The second-order valence-corrected chi connectivity index (χ2v) is 6.11. The average molecular weight is 355 g/mol. The zero-order valence-corrected chi connectivity index (χ0v) is 14.7. The molecular formula is C14H23BrN6. The summed E-state index contributed by atoms with van der Waals surface area (Å²) in [6, 6.07) is 0.443. The summed E-state index contributed by atoms with van der Waals surface area (Å²) >= 11 is 3.66. The summed E-state index contributed by atoms with van der Waals surface area (Å²) in [4.78, 5) is 0. The van der Waals surface area contributed by atoms with Crippen LogP contribution in [0.25, 0.3) is 0 Å². The van der Waals surface area contributed by atoms with Gasteiger partial charge in [-0.25, -0.2) is 4.68 Å². The van der Waals surface area contributed by atoms with Crippen molar-refractivity contribution in [1.29, 1.82) is 0 Å². The Labute approximate surface area is 134 Å². The van der Waals surface area contributed by atoms with Gasteiger partial charge in [0.05, 0.1) is 34.3 Å². The molecule has 0 saturated heterocycles. The van der Waals surface area contributed by atoms with Crippen molar-refractivity contribution < 1.29 is 0 Å². The molecule has 0 amide bonds. The van der Waals surface area contributed by atoms with E-state index in [1.165, 1.54) is 0 Å². The van der Waals surface area contributed by atoms with Crippen LogP contribution in [0.3, 0.4) is 0 Å². The van der Waals surface area contributed by atoms with Crippen molar-refractivity contribution in [3.63, 3.8) is 0 Å². The predicted molar refractivity (Wildman–Crippen MR) is 86.1 cm³/mol. The van der Waals surface area contributed by atoms with Gasteiger partial charge in [0.2, 0.25) is 0 Å². The van der Waals surface area contributed by atoms with Crippen molar-refractivity contribution >= 4 is 15.9 Å². The summed E-state index contributed by atoms with van der Waals surface area (Å²) in [5.41, 5.74) is 3.19. The number of halogens is 1. The highest BCUT2D eigenvalue weighted by atomic mass is 79.9. The van der Waals surface area contributed by atoms with Crippen molar-refractivity contribution in [2.24, 2.45) is 0 Å². The van der Waals surface area contributed by atoms with E-state index in [4.69, 9.17) is 0 Å². The van der Waals surface area contributed by atoms with E-state index in [9.17, 15) is 0 Å². The zero-order valence-electron chi connectivity index (χ0n) is 13.1. The number of nitrogens with zero attached hydrogens (tertiary/aromatic N) is 5. The minimum Gasteiger partial charge on any atom is -0.309 e. The normalized spacial score (nSPS) is 11.5. The van der Waals surface area contributed by atoms with Crippen LogP contribution in [-0.4, -0.2) is 30.8 Å². The first-order valence-electron chi connectivity index (χ1n) is 7.41. The van der Waals surface area contributed by atoms with E-state index in [1.54, 1.807) is 0 Å². The number of aryl methyl sites for hydroxylation is 2. The Kier molecular flexibility index (Phi) is 5.52. The lowest BCUT2D eigenvalue weighted by atomic mass is 10.3. The van der Waals surface area contributed by atoms with Gasteiger partial charge >= 0.3 is 0 Å². The van der Waals surface area contributed by atoms with Gasteiger partial charge in [0.1, 0.15) is 0 Å². The molecule has 0 aliphatic rings. The molecule has 0 atom stereocenters. The maximum Gasteiger partial charge on any atom is 0.0965 e. The zero-order chi connectivity index (χ0) is 15.4. The fourth-order valence-electron chi connectivity index (χ4n) is 2.13. The van der Waals surface area contributed by atoms with Crippen molar-refractivity contribution in [3.8, 4) is 0 Å². The van der Waals surface area contributed by atoms with Crippen LogP contribution in [-0.2, 0) is 26.1 Å². The van der Waals surface area contributed by atoms with Crippen molar-refractivity contribution in [2.45, 2.75) is 59.8 Å². The van der Waals surface area contributed by atoms with E-state index in [1.807, 2.05) is 15.6 Å². The molecule has 2 rings (SSSR count). The molecule has 0 aliphatic carbocycles. The number of aromatic nitrogens is 5. The lowest BCUT2D eigenvalue weighted by Crippen LogP contribution is -2.21. The van der Waals surface area contributed by atoms with E-state index in [0.717, 1.165) is 41.1 Å². The number of hydrogen-bond donors (Lipinski definition) is 1. The molecular weight excluding hydrogens is 332 g/mol. The molecule has 7 heteroatoms. The summed E-state index contributed by atoms with van der Waals surface area (Å²) in [6.07, 6.45) is 2.90. The van der Waals surface area contributed by atoms with E-state index < -0.39 is 0 Å². The lowest BCUT2D eigenvalue weighted by molar-refractivity contribution is 0.562. The maximum absolute atomic E-state index is 4.61. The van der Waals surface area contributed by atoms with Crippen LogP contribution in [0.1, 0.15) is 44.8 Å². The molecule has 1 N–H and O–H groups in total. The van der Waals surface area contributed by atoms with Crippen LogP contribution in [0.5, 0.6) is 0 Å². The van der Waals surface area contributed by atoms with Crippen LogP contribution >= 0.6 is 15.9 Å². The highest BCUT2D eigenvalue weighted by molar-refractivity contribution is 9.10. The Morgan fingerprint density at radius 1 is 1.33 bits per heavy atom. The summed E-state index contributed by atoms with van der Waals surface area (Å²) in [5.74, 6) is 0.